The van der Waals surface area contributed by atoms with Crippen LogP contribution < -0.4 is 9.64 Å². The minimum atomic E-state index is -0.474. The van der Waals surface area contributed by atoms with Gasteiger partial charge in [-0.25, -0.2) is 9.78 Å². The van der Waals surface area contributed by atoms with Crippen molar-refractivity contribution in [2.45, 2.75) is 13.5 Å². The molecule has 0 spiro atoms. The number of carbonyl (C=O) groups excluding carboxylic acids is 2. The molecule has 6 nitrogen and oxygen atoms in total. The number of benzene rings is 2. The molecule has 1 amide bonds. The van der Waals surface area contributed by atoms with Gasteiger partial charge in [0.25, 0.3) is 0 Å². The van der Waals surface area contributed by atoms with Crippen LogP contribution in [-0.4, -0.2) is 24.0 Å². The van der Waals surface area contributed by atoms with Crippen molar-refractivity contribution in [3.05, 3.63) is 75.7 Å². The quantitative estimate of drug-likeness (QED) is 0.332. The number of para-hydroxylation sites is 2. The Morgan fingerprint density at radius 1 is 1.20 bits per heavy atom. The third-order valence-corrected chi connectivity index (χ3v) is 5.36. The first-order valence-electron chi connectivity index (χ1n) is 8.96. The molecule has 0 saturated carbocycles. The highest BCUT2D eigenvalue weighted by molar-refractivity contribution is 9.10. The summed E-state index contributed by atoms with van der Waals surface area (Å²) < 4.78 is 11.5. The van der Waals surface area contributed by atoms with Crippen molar-refractivity contribution in [1.29, 1.82) is 0 Å². The second-order valence-electron chi connectivity index (χ2n) is 6.14. The van der Waals surface area contributed by atoms with Crippen LogP contribution in [0.5, 0.6) is 5.75 Å². The first kappa shape index (κ1) is 21.7. The molecule has 8 heteroatoms. The molecule has 3 aromatic rings. The van der Waals surface area contributed by atoms with Crippen LogP contribution in [-0.2, 0) is 20.9 Å². The minimum Gasteiger partial charge on any atom is -0.495 e. The highest BCUT2D eigenvalue weighted by Crippen LogP contribution is 2.35. The van der Waals surface area contributed by atoms with E-state index in [0.717, 1.165) is 10.0 Å². The molecule has 0 aliphatic carbocycles. The molecule has 0 unspecified atom stereocenters. The average molecular weight is 487 g/mol. The Morgan fingerprint density at radius 2 is 2.00 bits per heavy atom. The molecule has 0 radical (unpaired) electrons. The van der Waals surface area contributed by atoms with Gasteiger partial charge in [0.2, 0.25) is 5.91 Å². The molecule has 1 heterocycles. The Bertz CT molecular complexity index is 1080. The number of methoxy groups -OCH3 is 1. The maximum atomic E-state index is 12.3. The number of hydrogen-bond donors (Lipinski definition) is 0. The summed E-state index contributed by atoms with van der Waals surface area (Å²) in [6, 6.07) is 14.8. The van der Waals surface area contributed by atoms with Crippen molar-refractivity contribution >= 4 is 56.0 Å². The van der Waals surface area contributed by atoms with Crippen LogP contribution in [0, 0.1) is 0 Å². The van der Waals surface area contributed by atoms with Gasteiger partial charge in [-0.3, -0.25) is 9.69 Å². The number of thiazole rings is 1. The van der Waals surface area contributed by atoms with E-state index in [1.54, 1.807) is 30.7 Å². The SMILES string of the molecule is COc1ccccc1N(C(C)=O)c1nc(COC(=O)/C=C/c2cccc(Br)c2)cs1. The van der Waals surface area contributed by atoms with E-state index in [1.165, 1.54) is 29.2 Å². The van der Waals surface area contributed by atoms with Gasteiger partial charge in [0.05, 0.1) is 18.5 Å². The Labute approximate surface area is 186 Å². The van der Waals surface area contributed by atoms with Crippen LogP contribution in [0.3, 0.4) is 0 Å². The van der Waals surface area contributed by atoms with E-state index < -0.39 is 5.97 Å². The first-order chi connectivity index (χ1) is 14.5. The van der Waals surface area contributed by atoms with Crippen molar-refractivity contribution in [3.63, 3.8) is 0 Å². The largest absolute Gasteiger partial charge is 0.495 e. The van der Waals surface area contributed by atoms with Gasteiger partial charge in [-0.2, -0.15) is 0 Å². The molecule has 0 aliphatic rings. The summed E-state index contributed by atoms with van der Waals surface area (Å²) in [4.78, 5) is 30.2. The normalized spacial score (nSPS) is 10.8. The zero-order valence-electron chi connectivity index (χ0n) is 16.4. The topological polar surface area (TPSA) is 68.7 Å². The van der Waals surface area contributed by atoms with Crippen LogP contribution >= 0.6 is 27.3 Å². The van der Waals surface area contributed by atoms with Crippen molar-refractivity contribution in [1.82, 2.24) is 4.98 Å². The van der Waals surface area contributed by atoms with Crippen LogP contribution in [0.1, 0.15) is 18.2 Å². The van der Waals surface area contributed by atoms with Gasteiger partial charge >= 0.3 is 5.97 Å². The van der Waals surface area contributed by atoms with Gasteiger partial charge in [-0.1, -0.05) is 40.2 Å². The van der Waals surface area contributed by atoms with E-state index in [1.807, 2.05) is 36.4 Å². The van der Waals surface area contributed by atoms with Crippen LogP contribution in [0.25, 0.3) is 6.08 Å². The highest BCUT2D eigenvalue weighted by atomic mass is 79.9. The number of anilines is 2. The molecule has 0 atom stereocenters. The predicted molar refractivity (Wildman–Crippen MR) is 121 cm³/mol. The van der Waals surface area contributed by atoms with Crippen molar-refractivity contribution in [2.24, 2.45) is 0 Å². The van der Waals surface area contributed by atoms with Gasteiger partial charge in [-0.05, 0) is 35.9 Å². The van der Waals surface area contributed by atoms with Gasteiger partial charge in [0, 0.05) is 22.9 Å². The summed E-state index contributed by atoms with van der Waals surface area (Å²) in [7, 11) is 1.55. The molecule has 0 aliphatic heterocycles. The lowest BCUT2D eigenvalue weighted by Crippen LogP contribution is -2.23. The number of ether oxygens (including phenoxy) is 2. The van der Waals surface area contributed by atoms with E-state index in [4.69, 9.17) is 9.47 Å². The standard InChI is InChI=1S/C22H19BrN2O4S/c1-15(26)25(19-8-3-4-9-20(19)28-2)22-24-18(14-30-22)13-29-21(27)11-10-16-6-5-7-17(23)12-16/h3-12,14H,13H2,1-2H3/b11-10+. The number of amides is 1. The summed E-state index contributed by atoms with van der Waals surface area (Å²) in [6.07, 6.45) is 3.05. The van der Waals surface area contributed by atoms with E-state index in [-0.39, 0.29) is 12.5 Å². The van der Waals surface area contributed by atoms with Gasteiger partial charge < -0.3 is 9.47 Å². The number of nitrogens with zero attached hydrogens (tertiary/aromatic N) is 2. The predicted octanol–water partition coefficient (Wildman–Crippen LogP) is 5.36. The monoisotopic (exact) mass is 486 g/mol. The van der Waals surface area contributed by atoms with Crippen LogP contribution in [0.4, 0.5) is 10.8 Å². The molecule has 2 aromatic carbocycles. The highest BCUT2D eigenvalue weighted by Gasteiger charge is 2.21. The lowest BCUT2D eigenvalue weighted by molar-refractivity contribution is -0.139. The maximum Gasteiger partial charge on any atom is 0.331 e. The molecule has 154 valence electrons. The number of carbonyl (C=O) groups is 2. The molecule has 0 saturated heterocycles. The lowest BCUT2D eigenvalue weighted by Gasteiger charge is -2.20. The zero-order chi connectivity index (χ0) is 21.5. The number of rotatable bonds is 7. The third-order valence-electron chi connectivity index (χ3n) is 3.99. The van der Waals surface area contributed by atoms with Gasteiger partial charge in [0.15, 0.2) is 5.13 Å². The smallest absolute Gasteiger partial charge is 0.331 e. The second kappa shape index (κ2) is 10.2. The van der Waals surface area contributed by atoms with Crippen LogP contribution in [0.15, 0.2) is 64.5 Å². The van der Waals surface area contributed by atoms with E-state index >= 15 is 0 Å². The Kier molecular flexibility index (Phi) is 7.37. The molecule has 1 aromatic heterocycles. The summed E-state index contributed by atoms with van der Waals surface area (Å²) in [6.45, 7) is 1.47. The van der Waals surface area contributed by atoms with Crippen molar-refractivity contribution in [3.8, 4) is 5.75 Å². The van der Waals surface area contributed by atoms with E-state index in [9.17, 15) is 9.59 Å². The van der Waals surface area contributed by atoms with Crippen molar-refractivity contribution < 1.29 is 19.1 Å². The van der Waals surface area contributed by atoms with Crippen molar-refractivity contribution in [2.75, 3.05) is 12.0 Å². The minimum absolute atomic E-state index is 0.00975. The number of esters is 1. The fourth-order valence-corrected chi connectivity index (χ4v) is 3.94. The molecule has 30 heavy (non-hydrogen) atoms. The van der Waals surface area contributed by atoms with E-state index in [0.29, 0.717) is 22.3 Å². The first-order valence-corrected chi connectivity index (χ1v) is 10.6. The molecular weight excluding hydrogens is 468 g/mol. The average Bonchev–Trinajstić information content (AvgIpc) is 3.19. The Balaban J connectivity index is 1.67. The summed E-state index contributed by atoms with van der Waals surface area (Å²) >= 11 is 4.67. The van der Waals surface area contributed by atoms with Gasteiger partial charge in [0.1, 0.15) is 12.4 Å². The fraction of sp³-hybridized carbons (Fsp3) is 0.136. The summed E-state index contributed by atoms with van der Waals surface area (Å²) in [5.41, 5.74) is 2.04. The summed E-state index contributed by atoms with van der Waals surface area (Å²) in [5.74, 6) is -0.111. The molecule has 3 rings (SSSR count). The molecular formula is C22H19BrN2O4S. The van der Waals surface area contributed by atoms with Crippen LogP contribution in [0.2, 0.25) is 0 Å². The fourth-order valence-electron chi connectivity index (χ4n) is 2.65. The molecule has 0 bridgehead atoms. The zero-order valence-corrected chi connectivity index (χ0v) is 18.8. The summed E-state index contributed by atoms with van der Waals surface area (Å²) in [5, 5.41) is 2.23. The Morgan fingerprint density at radius 3 is 2.73 bits per heavy atom. The lowest BCUT2D eigenvalue weighted by atomic mass is 10.2. The number of halogens is 1. The Hall–Kier alpha value is -2.97. The number of aromatic nitrogens is 1. The molecule has 0 fully saturated rings. The van der Waals surface area contributed by atoms with E-state index in [2.05, 4.69) is 20.9 Å². The molecule has 0 N–H and O–H groups in total. The third kappa shape index (κ3) is 5.55. The second-order valence-corrected chi connectivity index (χ2v) is 7.90. The van der Waals surface area contributed by atoms with Gasteiger partial charge in [-0.15, -0.1) is 11.3 Å². The maximum absolute atomic E-state index is 12.3. The number of hydrogen-bond acceptors (Lipinski definition) is 6.